The number of nitrogens with two attached hydrogens (primary N) is 1. The monoisotopic (exact) mass is 541 g/mol. The zero-order valence-electron chi connectivity index (χ0n) is 19.0. The van der Waals surface area contributed by atoms with E-state index in [1.165, 1.54) is 31.2 Å². The predicted octanol–water partition coefficient (Wildman–Crippen LogP) is 3.11. The van der Waals surface area contributed by atoms with Crippen LogP contribution in [-0.2, 0) is 11.2 Å². The summed E-state index contributed by atoms with van der Waals surface area (Å²) in [4.78, 5) is 20.7. The first-order valence-electron chi connectivity index (χ1n) is 11.7. The maximum Gasteiger partial charge on any atom is 0.220 e. The second-order valence-corrected chi connectivity index (χ2v) is 8.82. The quantitative estimate of drug-likeness (QED) is 0.230. The molecule has 3 rings (SSSR count). The number of likely N-dealkylation sites (tertiary alicyclic amines) is 2. The largest absolute Gasteiger partial charge is 0.369 e. The number of guanidine groups is 1. The molecule has 2 aliphatic heterocycles. The SMILES string of the molecule is CN=C(NCCCCN1CCC(C(N)=O)CC1)N1CCC(Cc2ccccc2)CC1.I. The van der Waals surface area contributed by atoms with Gasteiger partial charge in [-0.15, -0.1) is 24.0 Å². The number of hydrogen-bond donors (Lipinski definition) is 2. The van der Waals surface area contributed by atoms with Crippen LogP contribution < -0.4 is 11.1 Å². The fraction of sp³-hybridized carbons (Fsp3) is 0.667. The highest BCUT2D eigenvalue weighted by molar-refractivity contribution is 14.0. The van der Waals surface area contributed by atoms with Crippen molar-refractivity contribution in [2.24, 2.45) is 22.6 Å². The maximum atomic E-state index is 11.3. The number of amides is 1. The van der Waals surface area contributed by atoms with Gasteiger partial charge in [-0.25, -0.2) is 0 Å². The molecule has 0 spiro atoms. The molecule has 0 unspecified atom stereocenters. The van der Waals surface area contributed by atoms with Crippen LogP contribution in [0.15, 0.2) is 35.3 Å². The van der Waals surface area contributed by atoms with E-state index in [1.54, 1.807) is 0 Å². The minimum atomic E-state index is -0.130. The first-order chi connectivity index (χ1) is 14.7. The second kappa shape index (κ2) is 13.9. The summed E-state index contributed by atoms with van der Waals surface area (Å²) < 4.78 is 0. The van der Waals surface area contributed by atoms with Gasteiger partial charge in [-0.05, 0) is 76.1 Å². The minimum Gasteiger partial charge on any atom is -0.369 e. The number of carbonyl (C=O) groups excluding carboxylic acids is 1. The molecule has 0 atom stereocenters. The van der Waals surface area contributed by atoms with Gasteiger partial charge in [0.25, 0.3) is 0 Å². The van der Waals surface area contributed by atoms with Crippen LogP contribution in [0.3, 0.4) is 0 Å². The number of benzene rings is 1. The Bertz CT molecular complexity index is 668. The Morgan fingerprint density at radius 1 is 1.06 bits per heavy atom. The first-order valence-corrected chi connectivity index (χ1v) is 11.7. The number of primary amides is 1. The Morgan fingerprint density at radius 2 is 1.74 bits per heavy atom. The lowest BCUT2D eigenvalue weighted by atomic mass is 9.90. The van der Waals surface area contributed by atoms with Crippen molar-refractivity contribution in [1.29, 1.82) is 0 Å². The molecular formula is C24H40IN5O. The van der Waals surface area contributed by atoms with E-state index in [-0.39, 0.29) is 35.8 Å². The molecule has 174 valence electrons. The smallest absolute Gasteiger partial charge is 0.220 e. The van der Waals surface area contributed by atoms with Gasteiger partial charge < -0.3 is 20.9 Å². The molecule has 3 N–H and O–H groups in total. The number of hydrogen-bond acceptors (Lipinski definition) is 3. The third kappa shape index (κ3) is 8.60. The molecule has 0 saturated carbocycles. The standard InChI is InChI=1S/C24H39N5O.HI/c1-26-24(27-13-5-6-14-28-15-11-22(12-16-28)23(25)30)29-17-9-21(10-18-29)19-20-7-3-2-4-8-20;/h2-4,7-8,21-22H,5-6,9-19H2,1H3,(H2,25,30)(H,26,27);1H. The van der Waals surface area contributed by atoms with Gasteiger partial charge in [0.2, 0.25) is 5.91 Å². The lowest BCUT2D eigenvalue weighted by Gasteiger charge is -2.34. The molecule has 31 heavy (non-hydrogen) atoms. The number of carbonyl (C=O) groups is 1. The lowest BCUT2D eigenvalue weighted by molar-refractivity contribution is -0.123. The molecule has 0 aliphatic carbocycles. The summed E-state index contributed by atoms with van der Waals surface area (Å²) in [5.41, 5.74) is 6.87. The van der Waals surface area contributed by atoms with Crippen LogP contribution in [0.5, 0.6) is 0 Å². The highest BCUT2D eigenvalue weighted by atomic mass is 127. The van der Waals surface area contributed by atoms with Gasteiger partial charge in [-0.2, -0.15) is 0 Å². The molecule has 0 bridgehead atoms. The minimum absolute atomic E-state index is 0. The van der Waals surface area contributed by atoms with Gasteiger partial charge in [0.05, 0.1) is 0 Å². The molecule has 1 aromatic rings. The molecule has 6 nitrogen and oxygen atoms in total. The van der Waals surface area contributed by atoms with Crippen molar-refractivity contribution in [1.82, 2.24) is 15.1 Å². The van der Waals surface area contributed by atoms with Crippen molar-refractivity contribution < 1.29 is 4.79 Å². The number of rotatable bonds is 8. The van der Waals surface area contributed by atoms with E-state index in [0.717, 1.165) is 70.4 Å². The lowest BCUT2D eigenvalue weighted by Crippen LogP contribution is -2.46. The summed E-state index contributed by atoms with van der Waals surface area (Å²) in [5, 5.41) is 3.56. The summed E-state index contributed by atoms with van der Waals surface area (Å²) in [7, 11) is 1.89. The number of halogens is 1. The second-order valence-electron chi connectivity index (χ2n) is 8.82. The Labute approximate surface area is 205 Å². The Kier molecular flexibility index (Phi) is 11.6. The number of unbranched alkanes of at least 4 members (excludes halogenated alkanes) is 1. The molecule has 0 radical (unpaired) electrons. The number of nitrogens with one attached hydrogen (secondary N) is 1. The topological polar surface area (TPSA) is 74.0 Å². The summed E-state index contributed by atoms with van der Waals surface area (Å²) in [5.74, 6) is 1.79. The van der Waals surface area contributed by atoms with Crippen LogP contribution in [0.4, 0.5) is 0 Å². The molecule has 1 aromatic carbocycles. The zero-order chi connectivity index (χ0) is 21.2. The van der Waals surface area contributed by atoms with Crippen LogP contribution in [0.2, 0.25) is 0 Å². The number of nitrogens with zero attached hydrogens (tertiary/aromatic N) is 3. The summed E-state index contributed by atoms with van der Waals surface area (Å²) in [6.45, 7) is 6.25. The Morgan fingerprint density at radius 3 is 2.35 bits per heavy atom. The van der Waals surface area contributed by atoms with Crippen molar-refractivity contribution in [3.63, 3.8) is 0 Å². The third-order valence-corrected chi connectivity index (χ3v) is 6.67. The third-order valence-electron chi connectivity index (χ3n) is 6.67. The van der Waals surface area contributed by atoms with Crippen molar-refractivity contribution in [2.45, 2.75) is 44.9 Å². The highest BCUT2D eigenvalue weighted by Gasteiger charge is 2.23. The molecule has 7 heteroatoms. The van der Waals surface area contributed by atoms with Gasteiger partial charge in [0.15, 0.2) is 5.96 Å². The first kappa shape index (κ1) is 25.9. The van der Waals surface area contributed by atoms with Crippen molar-refractivity contribution in [2.75, 3.05) is 46.3 Å². The average molecular weight is 542 g/mol. The van der Waals surface area contributed by atoms with Crippen LogP contribution in [-0.4, -0.2) is 68.0 Å². The zero-order valence-corrected chi connectivity index (χ0v) is 21.3. The Hall–Kier alpha value is -1.35. The van der Waals surface area contributed by atoms with Crippen molar-refractivity contribution in [3.8, 4) is 0 Å². The summed E-state index contributed by atoms with van der Waals surface area (Å²) in [6.07, 6.45) is 7.80. The Balaban J connectivity index is 0.00000341. The number of piperidine rings is 2. The van der Waals surface area contributed by atoms with E-state index in [2.05, 4.69) is 50.4 Å². The van der Waals surface area contributed by atoms with Gasteiger partial charge in [0.1, 0.15) is 0 Å². The van der Waals surface area contributed by atoms with Crippen LogP contribution in [0.1, 0.15) is 44.1 Å². The van der Waals surface area contributed by atoms with Gasteiger partial charge in [0, 0.05) is 32.6 Å². The molecule has 1 amide bonds. The van der Waals surface area contributed by atoms with Crippen LogP contribution in [0.25, 0.3) is 0 Å². The molecular weight excluding hydrogens is 501 g/mol. The molecule has 0 aromatic heterocycles. The highest BCUT2D eigenvalue weighted by Crippen LogP contribution is 2.21. The molecule has 2 heterocycles. The summed E-state index contributed by atoms with van der Waals surface area (Å²) >= 11 is 0. The summed E-state index contributed by atoms with van der Waals surface area (Å²) in [6, 6.07) is 10.9. The number of aliphatic imine (C=N–C) groups is 1. The fourth-order valence-corrected chi connectivity index (χ4v) is 4.73. The van der Waals surface area contributed by atoms with E-state index in [0.29, 0.717) is 0 Å². The normalized spacial score (nSPS) is 19.1. The van der Waals surface area contributed by atoms with E-state index in [4.69, 9.17) is 5.73 Å². The predicted molar refractivity (Wildman–Crippen MR) is 139 cm³/mol. The van der Waals surface area contributed by atoms with Gasteiger partial charge >= 0.3 is 0 Å². The van der Waals surface area contributed by atoms with Crippen LogP contribution in [0, 0.1) is 11.8 Å². The molecule has 2 saturated heterocycles. The maximum absolute atomic E-state index is 11.3. The van der Waals surface area contributed by atoms with Crippen LogP contribution >= 0.6 is 24.0 Å². The molecule has 2 fully saturated rings. The van der Waals surface area contributed by atoms with Gasteiger partial charge in [-0.1, -0.05) is 30.3 Å². The van der Waals surface area contributed by atoms with E-state index < -0.39 is 0 Å². The van der Waals surface area contributed by atoms with E-state index >= 15 is 0 Å². The van der Waals surface area contributed by atoms with Gasteiger partial charge in [-0.3, -0.25) is 9.79 Å². The van der Waals surface area contributed by atoms with Crippen molar-refractivity contribution >= 4 is 35.8 Å². The average Bonchev–Trinajstić information content (AvgIpc) is 2.78. The van der Waals surface area contributed by atoms with E-state index in [9.17, 15) is 4.79 Å². The molecule has 2 aliphatic rings. The fourth-order valence-electron chi connectivity index (χ4n) is 4.73. The van der Waals surface area contributed by atoms with E-state index in [1.807, 2.05) is 7.05 Å². The van der Waals surface area contributed by atoms with Crippen molar-refractivity contribution in [3.05, 3.63) is 35.9 Å².